The lowest BCUT2D eigenvalue weighted by Gasteiger charge is -2.35. The van der Waals surface area contributed by atoms with E-state index in [1.807, 2.05) is 12.1 Å². The normalized spacial score (nSPS) is 23.1. The topological polar surface area (TPSA) is 131 Å². The highest BCUT2D eigenvalue weighted by molar-refractivity contribution is 6.05. The summed E-state index contributed by atoms with van der Waals surface area (Å²) in [6.45, 7) is 2.61. The monoisotopic (exact) mass is 464 g/mol. The molecular formula is C24H28N6O4. The summed E-state index contributed by atoms with van der Waals surface area (Å²) in [5.41, 5.74) is 8.04. The first-order chi connectivity index (χ1) is 16.5. The number of nitrogens with two attached hydrogens (primary N) is 1. The van der Waals surface area contributed by atoms with Gasteiger partial charge in [0.05, 0.1) is 0 Å². The van der Waals surface area contributed by atoms with Crippen LogP contribution in [0.25, 0.3) is 0 Å². The number of ether oxygens (including phenoxy) is 1. The van der Waals surface area contributed by atoms with E-state index in [1.165, 1.54) is 0 Å². The van der Waals surface area contributed by atoms with E-state index >= 15 is 0 Å². The Balaban J connectivity index is 1.22. The van der Waals surface area contributed by atoms with Crippen LogP contribution in [0.3, 0.4) is 0 Å². The van der Waals surface area contributed by atoms with Gasteiger partial charge in [0.1, 0.15) is 18.4 Å². The number of carbonyl (C=O) groups is 3. The van der Waals surface area contributed by atoms with Crippen molar-refractivity contribution in [3.63, 3.8) is 0 Å². The molecule has 2 atom stereocenters. The zero-order valence-corrected chi connectivity index (χ0v) is 18.9. The van der Waals surface area contributed by atoms with Gasteiger partial charge in [-0.05, 0) is 49.6 Å². The maximum absolute atomic E-state index is 12.9. The summed E-state index contributed by atoms with van der Waals surface area (Å²) in [4.78, 5) is 48.7. The van der Waals surface area contributed by atoms with Crippen molar-refractivity contribution in [2.75, 3.05) is 18.9 Å². The SMILES string of the molecule is Nc1ncc(CN2CCCC[C@H]2COc2ccc3c(c2)CN(C2CCC(=O)NC2=O)C3=O)cn1. The van der Waals surface area contributed by atoms with Gasteiger partial charge >= 0.3 is 0 Å². The Hall–Kier alpha value is -3.53. The van der Waals surface area contributed by atoms with Gasteiger partial charge in [0.2, 0.25) is 17.8 Å². The summed E-state index contributed by atoms with van der Waals surface area (Å²) in [6.07, 6.45) is 7.46. The minimum Gasteiger partial charge on any atom is -0.492 e. The van der Waals surface area contributed by atoms with Crippen molar-refractivity contribution in [2.24, 2.45) is 0 Å². The zero-order valence-electron chi connectivity index (χ0n) is 18.9. The maximum Gasteiger partial charge on any atom is 0.255 e. The summed E-state index contributed by atoms with van der Waals surface area (Å²) in [7, 11) is 0. The van der Waals surface area contributed by atoms with Crippen molar-refractivity contribution in [3.05, 3.63) is 47.3 Å². The molecule has 3 amide bonds. The van der Waals surface area contributed by atoms with Crippen LogP contribution < -0.4 is 15.8 Å². The van der Waals surface area contributed by atoms with Gasteiger partial charge in [-0.2, -0.15) is 0 Å². The predicted octanol–water partition coefficient (Wildman–Crippen LogP) is 1.25. The van der Waals surface area contributed by atoms with Gasteiger partial charge in [0.15, 0.2) is 0 Å². The Morgan fingerprint density at radius 3 is 2.74 bits per heavy atom. The fourth-order valence-electron chi connectivity index (χ4n) is 4.97. The van der Waals surface area contributed by atoms with Crippen molar-refractivity contribution in [1.29, 1.82) is 0 Å². The first-order valence-electron chi connectivity index (χ1n) is 11.7. The molecule has 2 aromatic rings. The van der Waals surface area contributed by atoms with Crippen molar-refractivity contribution in [1.82, 2.24) is 25.1 Å². The molecule has 5 rings (SSSR count). The van der Waals surface area contributed by atoms with Gasteiger partial charge < -0.3 is 15.4 Å². The van der Waals surface area contributed by atoms with Gasteiger partial charge in [0, 0.05) is 49.1 Å². The molecular weight excluding hydrogens is 436 g/mol. The van der Waals surface area contributed by atoms with E-state index in [1.54, 1.807) is 23.4 Å². The third kappa shape index (κ3) is 4.58. The Morgan fingerprint density at radius 1 is 1.12 bits per heavy atom. The molecule has 1 aromatic carbocycles. The summed E-state index contributed by atoms with van der Waals surface area (Å²) in [5.74, 6) is 0.103. The number of fused-ring (bicyclic) bond motifs is 1. The van der Waals surface area contributed by atoms with E-state index in [9.17, 15) is 14.4 Å². The molecule has 1 aromatic heterocycles. The highest BCUT2D eigenvalue weighted by Crippen LogP contribution is 2.30. The number of hydrogen-bond donors (Lipinski definition) is 2. The molecule has 0 spiro atoms. The van der Waals surface area contributed by atoms with Crippen molar-refractivity contribution in [3.8, 4) is 5.75 Å². The standard InChI is InChI=1S/C24H28N6O4/c25-24-26-10-15(11-27-24)12-29-8-2-1-3-17(29)14-34-18-4-5-19-16(9-18)13-30(23(19)33)20-6-7-21(31)28-22(20)32/h4-5,9-11,17,20H,1-3,6-8,12-14H2,(H2,25,26,27)(H,28,31,32)/t17-,20?/m0/s1. The Morgan fingerprint density at radius 2 is 1.94 bits per heavy atom. The molecule has 10 heteroatoms. The summed E-state index contributed by atoms with van der Waals surface area (Å²) in [6, 6.07) is 5.12. The number of carbonyl (C=O) groups excluding carboxylic acids is 3. The van der Waals surface area contributed by atoms with Crippen LogP contribution in [0.4, 0.5) is 5.95 Å². The number of nitrogens with zero attached hydrogens (tertiary/aromatic N) is 4. The number of nitrogens with one attached hydrogen (secondary N) is 1. The lowest BCUT2D eigenvalue weighted by Crippen LogP contribution is -2.52. The van der Waals surface area contributed by atoms with Crippen LogP contribution in [0.5, 0.6) is 5.75 Å². The fraction of sp³-hybridized carbons (Fsp3) is 0.458. The van der Waals surface area contributed by atoms with Crippen LogP contribution in [-0.4, -0.2) is 62.7 Å². The van der Waals surface area contributed by atoms with Crippen LogP contribution in [0.1, 0.15) is 53.6 Å². The molecule has 2 fully saturated rings. The van der Waals surface area contributed by atoms with E-state index in [4.69, 9.17) is 10.5 Å². The number of amides is 3. The third-order valence-corrected chi connectivity index (χ3v) is 6.80. The van der Waals surface area contributed by atoms with Crippen LogP contribution in [0.2, 0.25) is 0 Å². The second-order valence-corrected chi connectivity index (χ2v) is 9.10. The van der Waals surface area contributed by atoms with E-state index in [-0.39, 0.29) is 30.2 Å². The number of imide groups is 1. The first kappa shape index (κ1) is 22.3. The molecule has 34 heavy (non-hydrogen) atoms. The molecule has 3 aliphatic rings. The van der Waals surface area contributed by atoms with Crippen LogP contribution >= 0.6 is 0 Å². The number of likely N-dealkylation sites (tertiary alicyclic amines) is 1. The Labute approximate surface area is 197 Å². The lowest BCUT2D eigenvalue weighted by molar-refractivity contribution is -0.136. The smallest absolute Gasteiger partial charge is 0.255 e. The summed E-state index contributed by atoms with van der Waals surface area (Å²) in [5, 5.41) is 2.33. The third-order valence-electron chi connectivity index (χ3n) is 6.80. The molecule has 10 nitrogen and oxygen atoms in total. The highest BCUT2D eigenvalue weighted by Gasteiger charge is 2.39. The molecule has 3 aliphatic heterocycles. The van der Waals surface area contributed by atoms with Gasteiger partial charge in [-0.15, -0.1) is 0 Å². The molecule has 178 valence electrons. The number of nitrogen functional groups attached to an aromatic ring is 1. The van der Waals surface area contributed by atoms with Crippen LogP contribution in [-0.2, 0) is 22.7 Å². The fourth-order valence-corrected chi connectivity index (χ4v) is 4.97. The van der Waals surface area contributed by atoms with Crippen LogP contribution in [0, 0.1) is 0 Å². The summed E-state index contributed by atoms with van der Waals surface area (Å²) < 4.78 is 6.16. The molecule has 3 N–H and O–H groups in total. The molecule has 0 saturated carbocycles. The van der Waals surface area contributed by atoms with E-state index in [0.717, 1.165) is 43.5 Å². The second kappa shape index (κ2) is 9.38. The number of anilines is 1. The maximum atomic E-state index is 12.9. The number of piperidine rings is 2. The quantitative estimate of drug-likeness (QED) is 0.611. The van der Waals surface area contributed by atoms with Crippen molar-refractivity contribution in [2.45, 2.75) is 57.3 Å². The van der Waals surface area contributed by atoms with Crippen LogP contribution in [0.15, 0.2) is 30.6 Å². The van der Waals surface area contributed by atoms with E-state index in [2.05, 4.69) is 20.2 Å². The summed E-state index contributed by atoms with van der Waals surface area (Å²) >= 11 is 0. The van der Waals surface area contributed by atoms with Crippen molar-refractivity contribution >= 4 is 23.7 Å². The molecule has 2 saturated heterocycles. The average Bonchev–Trinajstić information content (AvgIpc) is 3.15. The van der Waals surface area contributed by atoms with Gasteiger partial charge in [-0.3, -0.25) is 24.6 Å². The molecule has 0 aliphatic carbocycles. The minimum absolute atomic E-state index is 0.180. The minimum atomic E-state index is -0.616. The van der Waals surface area contributed by atoms with Gasteiger partial charge in [-0.25, -0.2) is 9.97 Å². The Bertz CT molecular complexity index is 1110. The van der Waals surface area contributed by atoms with Gasteiger partial charge in [0.25, 0.3) is 5.91 Å². The highest BCUT2D eigenvalue weighted by atomic mass is 16.5. The lowest BCUT2D eigenvalue weighted by atomic mass is 10.0. The molecule has 0 radical (unpaired) electrons. The number of aromatic nitrogens is 2. The second-order valence-electron chi connectivity index (χ2n) is 9.10. The number of rotatable bonds is 6. The number of hydrogen-bond acceptors (Lipinski definition) is 8. The predicted molar refractivity (Wildman–Crippen MR) is 122 cm³/mol. The molecule has 0 bridgehead atoms. The van der Waals surface area contributed by atoms with E-state index in [0.29, 0.717) is 30.9 Å². The van der Waals surface area contributed by atoms with Gasteiger partial charge in [-0.1, -0.05) is 6.42 Å². The Kier molecular flexibility index (Phi) is 6.14. The first-order valence-corrected chi connectivity index (χ1v) is 11.7. The zero-order chi connectivity index (χ0) is 23.7. The number of benzene rings is 1. The van der Waals surface area contributed by atoms with E-state index < -0.39 is 11.9 Å². The van der Waals surface area contributed by atoms with Crippen molar-refractivity contribution < 1.29 is 19.1 Å². The average molecular weight is 465 g/mol. The largest absolute Gasteiger partial charge is 0.492 e. The molecule has 1 unspecified atom stereocenters. The molecule has 4 heterocycles.